The second-order valence-electron chi connectivity index (χ2n) is 6.11. The van der Waals surface area contributed by atoms with E-state index in [1.165, 1.54) is 18.1 Å². The summed E-state index contributed by atoms with van der Waals surface area (Å²) in [5, 5.41) is 0. The van der Waals surface area contributed by atoms with Crippen molar-refractivity contribution < 1.29 is 19.1 Å². The first-order chi connectivity index (χ1) is 12.1. The molecule has 25 heavy (non-hydrogen) atoms. The summed E-state index contributed by atoms with van der Waals surface area (Å²) in [6, 6.07) is 9.14. The molecule has 3 amide bonds. The van der Waals surface area contributed by atoms with Gasteiger partial charge in [0.2, 0.25) is 0 Å². The van der Waals surface area contributed by atoms with E-state index in [2.05, 4.69) is 4.74 Å². The van der Waals surface area contributed by atoms with Crippen LogP contribution in [-0.2, 0) is 20.9 Å². The van der Waals surface area contributed by atoms with Gasteiger partial charge in [0.1, 0.15) is 5.54 Å². The Balaban J connectivity index is 1.86. The van der Waals surface area contributed by atoms with E-state index in [0.29, 0.717) is 13.0 Å². The number of carbonyl (C=O) groups excluding carboxylic acids is 3. The van der Waals surface area contributed by atoms with Gasteiger partial charge in [-0.1, -0.05) is 48.6 Å². The van der Waals surface area contributed by atoms with Crippen LogP contribution in [0.3, 0.4) is 0 Å². The largest absolute Gasteiger partial charge is 0.466 e. The molecule has 1 saturated heterocycles. The highest BCUT2D eigenvalue weighted by Gasteiger charge is 2.56. The van der Waals surface area contributed by atoms with E-state index >= 15 is 0 Å². The quantitative estimate of drug-likeness (QED) is 0.357. The van der Waals surface area contributed by atoms with Crippen LogP contribution in [0.1, 0.15) is 18.4 Å². The topological polar surface area (TPSA) is 66.9 Å². The van der Waals surface area contributed by atoms with Crippen LogP contribution in [-0.4, -0.2) is 46.9 Å². The van der Waals surface area contributed by atoms with Crippen molar-refractivity contribution in [2.75, 3.05) is 13.7 Å². The van der Waals surface area contributed by atoms with Gasteiger partial charge in [0, 0.05) is 12.6 Å². The highest BCUT2D eigenvalue weighted by molar-refractivity contribution is 6.07. The van der Waals surface area contributed by atoms with Gasteiger partial charge in [-0.15, -0.1) is 0 Å². The SMILES string of the molecule is COC(=O)/C=C/CC12CC=CCN1C(=O)N(Cc1ccccc1)C2=O. The molecule has 0 N–H and O–H groups in total. The fourth-order valence-corrected chi connectivity index (χ4v) is 3.30. The lowest BCUT2D eigenvalue weighted by molar-refractivity contribution is -0.135. The molecular formula is C19H20N2O4. The molecule has 3 rings (SSSR count). The highest BCUT2D eigenvalue weighted by atomic mass is 16.5. The monoisotopic (exact) mass is 340 g/mol. The number of esters is 1. The molecular weight excluding hydrogens is 320 g/mol. The van der Waals surface area contributed by atoms with Gasteiger partial charge in [-0.25, -0.2) is 9.59 Å². The number of rotatable bonds is 5. The molecule has 0 saturated carbocycles. The number of fused-ring (bicyclic) bond motifs is 1. The zero-order chi connectivity index (χ0) is 17.9. The van der Waals surface area contributed by atoms with Crippen molar-refractivity contribution in [1.29, 1.82) is 0 Å². The summed E-state index contributed by atoms with van der Waals surface area (Å²) in [5.74, 6) is -0.701. The predicted octanol–water partition coefficient (Wildman–Crippen LogP) is 2.27. The lowest BCUT2D eigenvalue weighted by Gasteiger charge is -2.35. The highest BCUT2D eigenvalue weighted by Crippen LogP contribution is 2.37. The average molecular weight is 340 g/mol. The molecule has 0 spiro atoms. The van der Waals surface area contributed by atoms with Crippen LogP contribution in [0.4, 0.5) is 4.79 Å². The Bertz CT molecular complexity index is 741. The van der Waals surface area contributed by atoms with Gasteiger partial charge in [0.15, 0.2) is 0 Å². The van der Waals surface area contributed by atoms with Gasteiger partial charge >= 0.3 is 12.0 Å². The maximum absolute atomic E-state index is 13.1. The number of hydrogen-bond acceptors (Lipinski definition) is 4. The Kier molecular flexibility index (Phi) is 4.70. The van der Waals surface area contributed by atoms with E-state index in [0.717, 1.165) is 5.56 Å². The van der Waals surface area contributed by atoms with Gasteiger partial charge in [-0.2, -0.15) is 0 Å². The molecule has 130 valence electrons. The van der Waals surface area contributed by atoms with Crippen molar-refractivity contribution >= 4 is 17.9 Å². The fraction of sp³-hybridized carbons (Fsp3) is 0.316. The number of nitrogens with zero attached hydrogens (tertiary/aromatic N) is 2. The van der Waals surface area contributed by atoms with Crippen molar-refractivity contribution in [3.8, 4) is 0 Å². The maximum Gasteiger partial charge on any atom is 0.330 e. The van der Waals surface area contributed by atoms with E-state index in [4.69, 9.17) is 0 Å². The van der Waals surface area contributed by atoms with Gasteiger partial charge in [-0.3, -0.25) is 9.69 Å². The first kappa shape index (κ1) is 17.0. The van der Waals surface area contributed by atoms with E-state index in [1.54, 1.807) is 11.0 Å². The first-order valence-electron chi connectivity index (χ1n) is 8.15. The summed E-state index contributed by atoms with van der Waals surface area (Å²) >= 11 is 0. The van der Waals surface area contributed by atoms with Gasteiger partial charge in [-0.05, 0) is 18.4 Å². The Morgan fingerprint density at radius 1 is 1.24 bits per heavy atom. The zero-order valence-electron chi connectivity index (χ0n) is 14.1. The van der Waals surface area contributed by atoms with Crippen molar-refractivity contribution in [3.05, 3.63) is 60.2 Å². The Labute approximate surface area is 146 Å². The molecule has 1 aromatic rings. The summed E-state index contributed by atoms with van der Waals surface area (Å²) < 4.78 is 4.58. The van der Waals surface area contributed by atoms with Gasteiger partial charge < -0.3 is 9.64 Å². The molecule has 2 aliphatic rings. The first-order valence-corrected chi connectivity index (χ1v) is 8.15. The summed E-state index contributed by atoms with van der Waals surface area (Å²) in [6.07, 6.45) is 7.42. The fourth-order valence-electron chi connectivity index (χ4n) is 3.30. The third-order valence-electron chi connectivity index (χ3n) is 4.63. The predicted molar refractivity (Wildman–Crippen MR) is 91.4 cm³/mol. The number of hydrogen-bond donors (Lipinski definition) is 0. The lowest BCUT2D eigenvalue weighted by atomic mass is 9.87. The number of ether oxygens (including phenoxy) is 1. The number of imide groups is 1. The lowest BCUT2D eigenvalue weighted by Crippen LogP contribution is -2.50. The molecule has 2 aliphatic heterocycles. The Morgan fingerprint density at radius 3 is 2.72 bits per heavy atom. The number of benzene rings is 1. The summed E-state index contributed by atoms with van der Waals surface area (Å²) in [7, 11) is 1.30. The Hall–Kier alpha value is -2.89. The van der Waals surface area contributed by atoms with Crippen molar-refractivity contribution in [3.63, 3.8) is 0 Å². The molecule has 0 radical (unpaired) electrons. The second kappa shape index (κ2) is 6.93. The van der Waals surface area contributed by atoms with Crippen LogP contribution < -0.4 is 0 Å². The van der Waals surface area contributed by atoms with Crippen LogP contribution in [0.25, 0.3) is 0 Å². The van der Waals surface area contributed by atoms with Crippen molar-refractivity contribution in [2.45, 2.75) is 24.9 Å². The molecule has 0 bridgehead atoms. The summed E-state index contributed by atoms with van der Waals surface area (Å²) in [5.41, 5.74) is -0.0530. The van der Waals surface area contributed by atoms with Crippen LogP contribution in [0.15, 0.2) is 54.6 Å². The van der Waals surface area contributed by atoms with E-state index in [1.807, 2.05) is 42.5 Å². The maximum atomic E-state index is 13.1. The molecule has 1 atom stereocenters. The minimum Gasteiger partial charge on any atom is -0.466 e. The third kappa shape index (κ3) is 3.07. The van der Waals surface area contributed by atoms with Crippen LogP contribution in [0.2, 0.25) is 0 Å². The molecule has 1 fully saturated rings. The molecule has 1 unspecified atom stereocenters. The third-order valence-corrected chi connectivity index (χ3v) is 4.63. The summed E-state index contributed by atoms with van der Waals surface area (Å²) in [6.45, 7) is 0.638. The molecule has 6 nitrogen and oxygen atoms in total. The van der Waals surface area contributed by atoms with Gasteiger partial charge in [0.05, 0.1) is 13.7 Å². The van der Waals surface area contributed by atoms with Crippen molar-refractivity contribution in [2.24, 2.45) is 0 Å². The summed E-state index contributed by atoms with van der Waals surface area (Å²) in [4.78, 5) is 40.1. The standard InChI is InChI=1S/C19H20N2O4/c1-25-16(22)10-7-12-19-11-5-6-13-21(19)18(24)20(17(19)23)14-15-8-3-2-4-9-15/h2-10H,11-14H2,1H3/b10-7+. The van der Waals surface area contributed by atoms with Gasteiger partial charge in [0.25, 0.3) is 5.91 Å². The molecule has 0 aliphatic carbocycles. The van der Waals surface area contributed by atoms with Crippen LogP contribution >= 0.6 is 0 Å². The van der Waals surface area contributed by atoms with E-state index < -0.39 is 11.5 Å². The van der Waals surface area contributed by atoms with Crippen molar-refractivity contribution in [1.82, 2.24) is 9.80 Å². The Morgan fingerprint density at radius 2 is 2.00 bits per heavy atom. The zero-order valence-corrected chi connectivity index (χ0v) is 14.1. The second-order valence-corrected chi connectivity index (χ2v) is 6.11. The number of amides is 3. The smallest absolute Gasteiger partial charge is 0.330 e. The average Bonchev–Trinajstić information content (AvgIpc) is 2.85. The number of carbonyl (C=O) groups is 3. The molecule has 0 aromatic heterocycles. The normalized spacial score (nSPS) is 22.6. The number of urea groups is 1. The molecule has 2 heterocycles. The van der Waals surface area contributed by atoms with E-state index in [-0.39, 0.29) is 24.9 Å². The molecule has 6 heteroatoms. The minimum absolute atomic E-state index is 0.222. The molecule has 1 aromatic carbocycles. The minimum atomic E-state index is -0.953. The number of methoxy groups -OCH3 is 1. The van der Waals surface area contributed by atoms with Crippen LogP contribution in [0.5, 0.6) is 0 Å². The van der Waals surface area contributed by atoms with E-state index in [9.17, 15) is 14.4 Å². The van der Waals surface area contributed by atoms with Crippen LogP contribution in [0, 0.1) is 0 Å².